The molecule has 0 spiro atoms. The minimum absolute atomic E-state index is 0.0413. The number of hydrogen-bond acceptors (Lipinski definition) is 12. The highest BCUT2D eigenvalue weighted by Gasteiger charge is 2.38. The Labute approximate surface area is 269 Å². The van der Waals surface area contributed by atoms with Crippen molar-refractivity contribution in [3.8, 4) is 0 Å². The van der Waals surface area contributed by atoms with E-state index >= 15 is 0 Å². The fourth-order valence-corrected chi connectivity index (χ4v) is 8.06. The van der Waals surface area contributed by atoms with Crippen LogP contribution >= 0.6 is 70.6 Å². The lowest BCUT2D eigenvalue weighted by atomic mass is 10.2. The summed E-state index contributed by atoms with van der Waals surface area (Å²) in [4.78, 5) is 67.6. The molecule has 3 unspecified atom stereocenters. The Morgan fingerprint density at radius 2 is 1.90 bits per heavy atom. The lowest BCUT2D eigenvalue weighted by molar-refractivity contribution is -0.153. The van der Waals surface area contributed by atoms with Crippen LogP contribution in [0.3, 0.4) is 0 Å². The molecule has 2 rings (SSSR count). The van der Waals surface area contributed by atoms with Gasteiger partial charge < -0.3 is 14.5 Å². The summed E-state index contributed by atoms with van der Waals surface area (Å²) >= 11 is 7.28. The highest BCUT2D eigenvalue weighted by Crippen LogP contribution is 2.30. The van der Waals surface area contributed by atoms with Crippen molar-refractivity contribution in [2.45, 2.75) is 44.2 Å². The predicted octanol–water partition coefficient (Wildman–Crippen LogP) is 5.48. The lowest BCUT2D eigenvalue weighted by Gasteiger charge is -2.27. The third-order valence-corrected chi connectivity index (χ3v) is 10.7. The van der Waals surface area contributed by atoms with E-state index in [1.807, 2.05) is 32.3 Å². The van der Waals surface area contributed by atoms with Gasteiger partial charge in [-0.3, -0.25) is 19.2 Å². The number of allylic oxidation sites excluding steroid dienone is 2. The normalized spacial score (nSPS) is 17.3. The van der Waals surface area contributed by atoms with Gasteiger partial charge in [0.1, 0.15) is 12.6 Å². The van der Waals surface area contributed by atoms with Crippen molar-refractivity contribution < 1.29 is 28.7 Å². The molecule has 0 aliphatic carbocycles. The molecular formula is C27H38N2O6S6. The van der Waals surface area contributed by atoms with Gasteiger partial charge in [-0.2, -0.15) is 0 Å². The Kier molecular flexibility index (Phi) is 19.1. The number of rotatable bonds is 14. The van der Waals surface area contributed by atoms with Crippen LogP contribution in [0.1, 0.15) is 27.7 Å². The number of thioether (sulfide) groups is 6. The molecule has 2 aliphatic heterocycles. The van der Waals surface area contributed by atoms with Crippen LogP contribution in [0, 0.1) is 0 Å². The topological polar surface area (TPSA) is 101 Å². The maximum absolute atomic E-state index is 13.1. The van der Waals surface area contributed by atoms with Crippen molar-refractivity contribution in [2.24, 2.45) is 0 Å². The van der Waals surface area contributed by atoms with Gasteiger partial charge in [0, 0.05) is 11.5 Å². The molecule has 0 aromatic heterocycles. The van der Waals surface area contributed by atoms with Gasteiger partial charge in [0.2, 0.25) is 22.0 Å². The van der Waals surface area contributed by atoms with Gasteiger partial charge in [0.15, 0.2) is 0 Å². The zero-order chi connectivity index (χ0) is 30.9. The molecule has 1 fully saturated rings. The average molecular weight is 679 g/mol. The number of ether oxygens (including phenoxy) is 1. The van der Waals surface area contributed by atoms with Crippen LogP contribution in [-0.4, -0.2) is 97.0 Å². The number of carbonyl (C=O) groups excluding carboxylic acids is 5. The Morgan fingerprint density at radius 3 is 2.51 bits per heavy atom. The van der Waals surface area contributed by atoms with E-state index in [1.165, 1.54) is 50.5 Å². The molecule has 2 heterocycles. The van der Waals surface area contributed by atoms with E-state index < -0.39 is 22.5 Å². The van der Waals surface area contributed by atoms with Crippen LogP contribution in [0.4, 0.5) is 0 Å². The summed E-state index contributed by atoms with van der Waals surface area (Å²) in [6.07, 6.45) is 7.37. The van der Waals surface area contributed by atoms with Crippen LogP contribution in [0.15, 0.2) is 46.6 Å². The molecule has 2 amide bonds. The molecule has 14 heteroatoms. The molecule has 8 nitrogen and oxygen atoms in total. The minimum Gasteiger partial charge on any atom is -0.462 e. The predicted molar refractivity (Wildman–Crippen MR) is 181 cm³/mol. The zero-order valence-corrected chi connectivity index (χ0v) is 28.9. The number of carbonyl (C=O) groups is 5. The smallest absolute Gasteiger partial charge is 0.329 e. The molecule has 0 saturated carbocycles. The zero-order valence-electron chi connectivity index (χ0n) is 24.0. The average Bonchev–Trinajstić information content (AvgIpc) is 3.47. The van der Waals surface area contributed by atoms with Gasteiger partial charge in [-0.1, -0.05) is 74.4 Å². The Bertz CT molecular complexity index is 1030. The van der Waals surface area contributed by atoms with Gasteiger partial charge in [-0.25, -0.2) is 4.79 Å². The molecule has 0 N–H and O–H groups in total. The highest BCUT2D eigenvalue weighted by atomic mass is 32.2. The maximum atomic E-state index is 13.1. The van der Waals surface area contributed by atoms with Gasteiger partial charge in [0.05, 0.1) is 38.6 Å². The van der Waals surface area contributed by atoms with Gasteiger partial charge in [-0.05, 0) is 31.6 Å². The minimum atomic E-state index is -0.753. The van der Waals surface area contributed by atoms with Gasteiger partial charge in [-0.15, -0.1) is 35.3 Å². The van der Waals surface area contributed by atoms with Crippen molar-refractivity contribution in [3.05, 3.63) is 46.6 Å². The monoisotopic (exact) mass is 678 g/mol. The Hall–Kier alpha value is -1.19. The van der Waals surface area contributed by atoms with Crippen LogP contribution in [0.25, 0.3) is 0 Å². The van der Waals surface area contributed by atoms with E-state index in [2.05, 4.69) is 13.2 Å². The van der Waals surface area contributed by atoms with E-state index in [0.29, 0.717) is 27.3 Å². The summed E-state index contributed by atoms with van der Waals surface area (Å²) in [6, 6.07) is -0.753. The molecule has 0 bridgehead atoms. The molecule has 0 aromatic rings. The summed E-state index contributed by atoms with van der Waals surface area (Å²) in [6.45, 7) is 14.7. The van der Waals surface area contributed by atoms with Crippen LogP contribution in [0.5, 0.6) is 0 Å². The van der Waals surface area contributed by atoms with Gasteiger partial charge >= 0.3 is 5.97 Å². The molecule has 228 valence electrons. The van der Waals surface area contributed by atoms with E-state index in [-0.39, 0.29) is 35.2 Å². The molecule has 3 atom stereocenters. The number of hydrogen-bond donors (Lipinski definition) is 0. The first-order valence-electron chi connectivity index (χ1n) is 12.8. The molecule has 0 aromatic carbocycles. The summed E-state index contributed by atoms with van der Waals surface area (Å²) < 4.78 is 5.48. The van der Waals surface area contributed by atoms with E-state index in [4.69, 9.17) is 4.74 Å². The van der Waals surface area contributed by atoms with Gasteiger partial charge in [0.25, 0.3) is 0 Å². The van der Waals surface area contributed by atoms with Crippen molar-refractivity contribution in [1.29, 1.82) is 0 Å². The lowest BCUT2D eigenvalue weighted by Crippen LogP contribution is -2.46. The standard InChI is InChI=1S/C25H32N2O6S6.C2H6/c1-6-36-18(4)24(31)38-16(2)21(28)26(14-34-5)10-11-33-23(30)19-13-35-15-27(19)22(29)17(3)39-25(32)20-9-7-8-12-37-20;1-2/h6-9,16-17,19H,1,4,10-15H2,2-3,5H3;1-2H3. The molecule has 1 saturated heterocycles. The quantitative estimate of drug-likeness (QED) is 0.132. The van der Waals surface area contributed by atoms with Crippen molar-refractivity contribution in [1.82, 2.24) is 9.80 Å². The number of nitrogens with zero attached hydrogens (tertiary/aromatic N) is 2. The van der Waals surface area contributed by atoms with Crippen molar-refractivity contribution in [2.75, 3.05) is 42.7 Å². The first-order valence-corrected chi connectivity index (χ1v) is 19.0. The van der Waals surface area contributed by atoms with Crippen LogP contribution in [0.2, 0.25) is 0 Å². The van der Waals surface area contributed by atoms with Crippen LogP contribution < -0.4 is 0 Å². The van der Waals surface area contributed by atoms with E-state index in [1.54, 1.807) is 19.9 Å². The number of amides is 2. The maximum Gasteiger partial charge on any atom is 0.329 e. The van der Waals surface area contributed by atoms with E-state index in [0.717, 1.165) is 41.0 Å². The summed E-state index contributed by atoms with van der Waals surface area (Å²) in [5.41, 5.74) is 0. The third-order valence-electron chi connectivity index (χ3n) is 5.28. The molecule has 41 heavy (non-hydrogen) atoms. The first kappa shape index (κ1) is 37.8. The number of esters is 1. The van der Waals surface area contributed by atoms with Crippen LogP contribution in [-0.2, 0) is 28.7 Å². The summed E-state index contributed by atoms with van der Waals surface area (Å²) in [5.74, 6) is 0.750. The molecule has 2 aliphatic rings. The molecule has 0 radical (unpaired) electrons. The van der Waals surface area contributed by atoms with Crippen molar-refractivity contribution >= 4 is 98.6 Å². The summed E-state index contributed by atoms with van der Waals surface area (Å²) in [5, 5.41) is -0.226. The largest absolute Gasteiger partial charge is 0.462 e. The Balaban J connectivity index is 0.00000411. The van der Waals surface area contributed by atoms with E-state index in [9.17, 15) is 24.0 Å². The second kappa shape index (κ2) is 20.7. The Morgan fingerprint density at radius 1 is 1.20 bits per heavy atom. The fraction of sp³-hybridized carbons (Fsp3) is 0.519. The second-order valence-electron chi connectivity index (χ2n) is 8.08. The first-order chi connectivity index (χ1) is 19.6. The third kappa shape index (κ3) is 12.5. The fourth-order valence-electron chi connectivity index (χ4n) is 3.31. The second-order valence-corrected chi connectivity index (χ2v) is 14.7. The van der Waals surface area contributed by atoms with Crippen molar-refractivity contribution in [3.63, 3.8) is 0 Å². The molecular weight excluding hydrogens is 641 g/mol. The SMILES string of the molecule is C=CSC(=C)C(=O)SC(C)C(=O)N(CCOC(=O)C1CSCN1C(=O)C(C)SC(=O)C1=CC=CCS1)CSC.CC. The highest BCUT2D eigenvalue weighted by molar-refractivity contribution is 8.19. The summed E-state index contributed by atoms with van der Waals surface area (Å²) in [7, 11) is 0.